The van der Waals surface area contributed by atoms with Crippen LogP contribution in [0, 0.1) is 5.82 Å². The number of halogens is 1. The maximum Gasteiger partial charge on any atom is 0.165 e. The summed E-state index contributed by atoms with van der Waals surface area (Å²) in [6.07, 6.45) is 0.869. The van der Waals surface area contributed by atoms with E-state index in [-0.39, 0.29) is 12.4 Å². The molecule has 1 N–H and O–H groups in total. The van der Waals surface area contributed by atoms with Crippen LogP contribution in [0.5, 0.6) is 11.5 Å². The summed E-state index contributed by atoms with van der Waals surface area (Å²) in [5, 5.41) is 10.6. The topological polar surface area (TPSA) is 64.3 Å². The lowest BCUT2D eigenvalue weighted by atomic mass is 10.1. The first-order valence-electron chi connectivity index (χ1n) is 10.0. The van der Waals surface area contributed by atoms with Crippen LogP contribution in [0.3, 0.4) is 0 Å². The third-order valence-electron chi connectivity index (χ3n) is 4.80. The summed E-state index contributed by atoms with van der Waals surface area (Å²) in [5.41, 5.74) is 1.86. The van der Waals surface area contributed by atoms with Crippen molar-refractivity contribution in [1.29, 1.82) is 0 Å². The van der Waals surface area contributed by atoms with Crippen LogP contribution in [-0.4, -0.2) is 43.5 Å². The fraction of sp³-hybridized carbons (Fsp3) is 0.333. The summed E-state index contributed by atoms with van der Waals surface area (Å²) in [7, 11) is 3.20. The smallest absolute Gasteiger partial charge is 0.165 e. The molecule has 0 radical (unpaired) electrons. The number of aliphatic hydroxyl groups is 1. The fourth-order valence-electron chi connectivity index (χ4n) is 3.39. The second kappa shape index (κ2) is 11.5. The van der Waals surface area contributed by atoms with Crippen LogP contribution in [0.15, 0.2) is 65.3 Å². The van der Waals surface area contributed by atoms with Crippen LogP contribution in [0.4, 0.5) is 4.39 Å². The molecule has 0 spiro atoms. The van der Waals surface area contributed by atoms with Crippen molar-refractivity contribution in [3.8, 4) is 11.5 Å². The van der Waals surface area contributed by atoms with Crippen molar-refractivity contribution in [2.45, 2.75) is 25.8 Å². The van der Waals surface area contributed by atoms with E-state index in [4.69, 9.17) is 18.6 Å². The van der Waals surface area contributed by atoms with Gasteiger partial charge in [-0.3, -0.25) is 4.90 Å². The quantitative estimate of drug-likeness (QED) is 0.469. The van der Waals surface area contributed by atoms with Crippen molar-refractivity contribution in [3.63, 3.8) is 0 Å². The maximum absolute atomic E-state index is 13.3. The van der Waals surface area contributed by atoms with Gasteiger partial charge in [0.15, 0.2) is 11.5 Å². The summed E-state index contributed by atoms with van der Waals surface area (Å²) in [5.74, 6) is 1.72. The molecule has 1 atom stereocenters. The Hall–Kier alpha value is -2.87. The summed E-state index contributed by atoms with van der Waals surface area (Å²) in [6.45, 7) is 1.85. The zero-order chi connectivity index (χ0) is 22.1. The zero-order valence-electron chi connectivity index (χ0n) is 17.8. The summed E-state index contributed by atoms with van der Waals surface area (Å²) < 4.78 is 35.1. The molecule has 0 aliphatic carbocycles. The predicted molar refractivity (Wildman–Crippen MR) is 114 cm³/mol. The lowest BCUT2D eigenvalue weighted by Gasteiger charge is -2.26. The van der Waals surface area contributed by atoms with Gasteiger partial charge in [0.25, 0.3) is 0 Å². The number of hydrogen-bond acceptors (Lipinski definition) is 6. The van der Waals surface area contributed by atoms with Gasteiger partial charge in [-0.05, 0) is 35.9 Å². The normalized spacial score (nSPS) is 12.2. The van der Waals surface area contributed by atoms with E-state index >= 15 is 0 Å². The van der Waals surface area contributed by atoms with Gasteiger partial charge in [0, 0.05) is 25.2 Å². The number of rotatable bonds is 12. The molecule has 166 valence electrons. The van der Waals surface area contributed by atoms with E-state index in [1.54, 1.807) is 38.7 Å². The lowest BCUT2D eigenvalue weighted by Crippen LogP contribution is -2.34. The van der Waals surface area contributed by atoms with Gasteiger partial charge < -0.3 is 23.7 Å². The Balaban J connectivity index is 1.69. The van der Waals surface area contributed by atoms with Crippen LogP contribution in [-0.2, 0) is 24.4 Å². The highest BCUT2D eigenvalue weighted by Gasteiger charge is 2.17. The Morgan fingerprint density at radius 2 is 1.81 bits per heavy atom. The van der Waals surface area contributed by atoms with Gasteiger partial charge in [0.2, 0.25) is 0 Å². The van der Waals surface area contributed by atoms with Gasteiger partial charge in [-0.25, -0.2) is 4.39 Å². The predicted octanol–water partition coefficient (Wildman–Crippen LogP) is 4.02. The van der Waals surface area contributed by atoms with E-state index in [9.17, 15) is 9.50 Å². The number of hydrogen-bond donors (Lipinski definition) is 1. The van der Waals surface area contributed by atoms with Crippen molar-refractivity contribution in [3.05, 3.63) is 83.6 Å². The Bertz CT molecular complexity index is 914. The highest BCUT2D eigenvalue weighted by Crippen LogP contribution is 2.31. The lowest BCUT2D eigenvalue weighted by molar-refractivity contribution is 0.00242. The van der Waals surface area contributed by atoms with Gasteiger partial charge in [-0.2, -0.15) is 0 Å². The van der Waals surface area contributed by atoms with E-state index < -0.39 is 6.10 Å². The minimum Gasteiger partial charge on any atom is -0.493 e. The number of aliphatic hydroxyl groups excluding tert-OH is 1. The zero-order valence-corrected chi connectivity index (χ0v) is 17.8. The molecule has 7 heteroatoms. The highest BCUT2D eigenvalue weighted by atomic mass is 19.1. The highest BCUT2D eigenvalue weighted by molar-refractivity contribution is 5.46. The number of methoxy groups -OCH3 is 2. The number of para-hydroxylation sites is 1. The Labute approximate surface area is 181 Å². The van der Waals surface area contributed by atoms with E-state index in [0.717, 1.165) is 11.1 Å². The van der Waals surface area contributed by atoms with Gasteiger partial charge in [0.05, 0.1) is 33.2 Å². The van der Waals surface area contributed by atoms with Crippen molar-refractivity contribution in [1.82, 2.24) is 4.90 Å². The van der Waals surface area contributed by atoms with Gasteiger partial charge in [0.1, 0.15) is 18.2 Å². The largest absolute Gasteiger partial charge is 0.493 e. The van der Waals surface area contributed by atoms with Crippen molar-refractivity contribution < 1.29 is 28.1 Å². The molecular formula is C24H28FNO5. The van der Waals surface area contributed by atoms with Gasteiger partial charge in [-0.15, -0.1) is 0 Å². The Morgan fingerprint density at radius 3 is 2.48 bits per heavy atom. The van der Waals surface area contributed by atoms with Gasteiger partial charge in [-0.1, -0.05) is 24.3 Å². The minimum atomic E-state index is -0.716. The third kappa shape index (κ3) is 6.82. The molecule has 3 aromatic rings. The molecule has 1 aromatic heterocycles. The molecule has 0 saturated heterocycles. The molecule has 0 aliphatic rings. The average molecular weight is 429 g/mol. The summed E-state index contributed by atoms with van der Waals surface area (Å²) >= 11 is 0. The van der Waals surface area contributed by atoms with Crippen LogP contribution >= 0.6 is 0 Å². The van der Waals surface area contributed by atoms with E-state index in [0.29, 0.717) is 43.5 Å². The standard InChI is InChI=1S/C24H28FNO5/c1-28-23-7-3-5-19(24(23)29-2)14-26(13-18-8-10-20(25)11-9-18)15-21(27)16-30-17-22-6-4-12-31-22/h3-12,21,27H,13-17H2,1-2H3/t21-/m0/s1. The molecule has 2 aromatic carbocycles. The van der Waals surface area contributed by atoms with Crippen molar-refractivity contribution >= 4 is 0 Å². The first kappa shape index (κ1) is 22.8. The molecule has 0 fully saturated rings. The molecule has 0 aliphatic heterocycles. The van der Waals surface area contributed by atoms with Crippen LogP contribution in [0.1, 0.15) is 16.9 Å². The molecular weight excluding hydrogens is 401 g/mol. The summed E-state index contributed by atoms with van der Waals surface area (Å²) in [6, 6.07) is 15.7. The molecule has 6 nitrogen and oxygen atoms in total. The van der Waals surface area contributed by atoms with Crippen LogP contribution in [0.25, 0.3) is 0 Å². The molecule has 1 heterocycles. The Kier molecular flexibility index (Phi) is 8.46. The minimum absolute atomic E-state index is 0.163. The molecule has 0 bridgehead atoms. The van der Waals surface area contributed by atoms with E-state index in [1.165, 1.54) is 12.1 Å². The average Bonchev–Trinajstić information content (AvgIpc) is 3.28. The summed E-state index contributed by atoms with van der Waals surface area (Å²) in [4.78, 5) is 2.06. The number of ether oxygens (including phenoxy) is 3. The molecule has 0 unspecified atom stereocenters. The van der Waals surface area contributed by atoms with E-state index in [2.05, 4.69) is 4.90 Å². The third-order valence-corrected chi connectivity index (χ3v) is 4.80. The SMILES string of the molecule is COc1cccc(CN(Cc2ccc(F)cc2)C[C@H](O)COCc2ccco2)c1OC. The second-order valence-electron chi connectivity index (χ2n) is 7.20. The second-order valence-corrected chi connectivity index (χ2v) is 7.20. The van der Waals surface area contributed by atoms with Crippen molar-refractivity contribution in [2.75, 3.05) is 27.4 Å². The Morgan fingerprint density at radius 1 is 1.00 bits per heavy atom. The van der Waals surface area contributed by atoms with Crippen LogP contribution < -0.4 is 9.47 Å². The fourth-order valence-corrected chi connectivity index (χ4v) is 3.39. The first-order chi connectivity index (χ1) is 15.1. The number of nitrogens with zero attached hydrogens (tertiary/aromatic N) is 1. The monoisotopic (exact) mass is 429 g/mol. The number of benzene rings is 2. The first-order valence-corrected chi connectivity index (χ1v) is 10.0. The van der Waals surface area contributed by atoms with Gasteiger partial charge >= 0.3 is 0 Å². The molecule has 0 saturated carbocycles. The number of furan rings is 1. The molecule has 0 amide bonds. The van der Waals surface area contributed by atoms with E-state index in [1.807, 2.05) is 24.3 Å². The molecule has 3 rings (SSSR count). The van der Waals surface area contributed by atoms with Crippen molar-refractivity contribution in [2.24, 2.45) is 0 Å². The maximum atomic E-state index is 13.3. The molecule has 31 heavy (non-hydrogen) atoms. The van der Waals surface area contributed by atoms with Crippen LogP contribution in [0.2, 0.25) is 0 Å².